The summed E-state index contributed by atoms with van der Waals surface area (Å²) >= 11 is 0. The molecule has 0 spiro atoms. The molecule has 21 heavy (non-hydrogen) atoms. The number of aliphatic hydroxyl groups is 1. The molecule has 1 atom stereocenters. The normalized spacial score (nSPS) is 13.5. The molecule has 1 aromatic heterocycles. The van der Waals surface area contributed by atoms with E-state index in [0.29, 0.717) is 12.2 Å². The zero-order valence-electron chi connectivity index (χ0n) is 12.8. The van der Waals surface area contributed by atoms with Crippen molar-refractivity contribution in [1.82, 2.24) is 4.98 Å². The Labute approximate surface area is 124 Å². The molecule has 0 fully saturated rings. The summed E-state index contributed by atoms with van der Waals surface area (Å²) in [5.41, 5.74) is -0.495. The van der Waals surface area contributed by atoms with E-state index in [0.717, 1.165) is 19.4 Å². The molecule has 3 N–H and O–H groups in total. The standard InChI is InChI=1S/C14H24N4O3/c1-4-9-15-12-7-6-11(18(20)21)13(16-12)17-14(3,5-2)8-10-19/h6-7,19H,4-5,8-10H2,1-3H3,(H2,15,16,17). The molecule has 0 amide bonds. The van der Waals surface area contributed by atoms with Crippen molar-refractivity contribution in [2.75, 3.05) is 23.8 Å². The Morgan fingerprint density at radius 1 is 1.43 bits per heavy atom. The molecule has 0 aromatic carbocycles. The van der Waals surface area contributed by atoms with Gasteiger partial charge in [-0.05, 0) is 32.3 Å². The van der Waals surface area contributed by atoms with Crippen molar-refractivity contribution >= 4 is 17.3 Å². The number of aliphatic hydroxyl groups excluding tert-OH is 1. The summed E-state index contributed by atoms with van der Waals surface area (Å²) in [6, 6.07) is 3.05. The topological polar surface area (TPSA) is 100 Å². The summed E-state index contributed by atoms with van der Waals surface area (Å²) in [7, 11) is 0. The highest BCUT2D eigenvalue weighted by Gasteiger charge is 2.26. The van der Waals surface area contributed by atoms with E-state index in [9.17, 15) is 10.1 Å². The highest BCUT2D eigenvalue weighted by Crippen LogP contribution is 2.29. The van der Waals surface area contributed by atoms with Gasteiger partial charge in [0.15, 0.2) is 0 Å². The smallest absolute Gasteiger partial charge is 0.311 e. The SMILES string of the molecule is CCCNc1ccc([N+](=O)[O-])c(NC(C)(CC)CCO)n1. The lowest BCUT2D eigenvalue weighted by Crippen LogP contribution is -2.35. The quantitative estimate of drug-likeness (QED) is 0.478. The first-order chi connectivity index (χ1) is 9.95. The van der Waals surface area contributed by atoms with Crippen molar-refractivity contribution in [2.24, 2.45) is 0 Å². The van der Waals surface area contributed by atoms with Gasteiger partial charge in [0.25, 0.3) is 0 Å². The first-order valence-corrected chi connectivity index (χ1v) is 7.24. The van der Waals surface area contributed by atoms with Gasteiger partial charge in [0, 0.05) is 24.8 Å². The molecule has 7 heteroatoms. The maximum absolute atomic E-state index is 11.1. The zero-order chi connectivity index (χ0) is 15.9. The second kappa shape index (κ2) is 7.78. The van der Waals surface area contributed by atoms with Crippen LogP contribution in [0.4, 0.5) is 17.3 Å². The van der Waals surface area contributed by atoms with Gasteiger partial charge in [-0.3, -0.25) is 10.1 Å². The molecule has 0 aliphatic heterocycles. The van der Waals surface area contributed by atoms with E-state index in [1.54, 1.807) is 6.07 Å². The second-order valence-corrected chi connectivity index (χ2v) is 5.26. The summed E-state index contributed by atoms with van der Waals surface area (Å²) in [6.07, 6.45) is 2.16. The van der Waals surface area contributed by atoms with Gasteiger partial charge in [-0.2, -0.15) is 0 Å². The fourth-order valence-corrected chi connectivity index (χ4v) is 1.90. The number of hydrogen-bond donors (Lipinski definition) is 3. The monoisotopic (exact) mass is 296 g/mol. The Bertz CT molecular complexity index is 481. The molecule has 118 valence electrons. The van der Waals surface area contributed by atoms with Crippen molar-refractivity contribution in [3.63, 3.8) is 0 Å². The van der Waals surface area contributed by atoms with E-state index in [1.165, 1.54) is 6.07 Å². The predicted octanol–water partition coefficient (Wildman–Crippen LogP) is 2.77. The third-order valence-electron chi connectivity index (χ3n) is 3.49. The Morgan fingerprint density at radius 3 is 2.67 bits per heavy atom. The molecule has 0 aliphatic rings. The highest BCUT2D eigenvalue weighted by atomic mass is 16.6. The fourth-order valence-electron chi connectivity index (χ4n) is 1.90. The van der Waals surface area contributed by atoms with Gasteiger partial charge >= 0.3 is 5.69 Å². The maximum atomic E-state index is 11.1. The molecule has 1 aromatic rings. The van der Waals surface area contributed by atoms with Crippen LogP contribution in [-0.2, 0) is 0 Å². The zero-order valence-corrected chi connectivity index (χ0v) is 12.8. The lowest BCUT2D eigenvalue weighted by molar-refractivity contribution is -0.384. The van der Waals surface area contributed by atoms with Crippen LogP contribution in [0, 0.1) is 10.1 Å². The second-order valence-electron chi connectivity index (χ2n) is 5.26. The number of hydrogen-bond acceptors (Lipinski definition) is 6. The third kappa shape index (κ3) is 4.86. The van der Waals surface area contributed by atoms with E-state index in [2.05, 4.69) is 15.6 Å². The molecule has 7 nitrogen and oxygen atoms in total. The van der Waals surface area contributed by atoms with E-state index >= 15 is 0 Å². The summed E-state index contributed by atoms with van der Waals surface area (Å²) in [5, 5.41) is 26.5. The molecule has 1 rings (SSSR count). The third-order valence-corrected chi connectivity index (χ3v) is 3.49. The summed E-state index contributed by atoms with van der Waals surface area (Å²) < 4.78 is 0. The molecule has 1 heterocycles. The largest absolute Gasteiger partial charge is 0.396 e. The number of pyridine rings is 1. The molecule has 0 aliphatic carbocycles. The highest BCUT2D eigenvalue weighted by molar-refractivity contribution is 5.61. The van der Waals surface area contributed by atoms with Crippen LogP contribution in [-0.4, -0.2) is 33.7 Å². The average Bonchev–Trinajstić information content (AvgIpc) is 2.45. The number of rotatable bonds is 9. The molecule has 0 saturated heterocycles. The minimum absolute atomic E-state index is 0.0128. The number of nitrogens with zero attached hydrogens (tertiary/aromatic N) is 2. The van der Waals surface area contributed by atoms with Crippen molar-refractivity contribution < 1.29 is 10.0 Å². The number of aromatic nitrogens is 1. The number of nitrogens with one attached hydrogen (secondary N) is 2. The van der Waals surface area contributed by atoms with Crippen molar-refractivity contribution in [1.29, 1.82) is 0 Å². The fraction of sp³-hybridized carbons (Fsp3) is 0.643. The van der Waals surface area contributed by atoms with Gasteiger partial charge in [0.1, 0.15) is 5.82 Å². The van der Waals surface area contributed by atoms with Gasteiger partial charge in [-0.25, -0.2) is 4.98 Å². The first-order valence-electron chi connectivity index (χ1n) is 7.24. The van der Waals surface area contributed by atoms with Gasteiger partial charge in [-0.1, -0.05) is 13.8 Å². The van der Waals surface area contributed by atoms with E-state index in [-0.39, 0.29) is 18.1 Å². The van der Waals surface area contributed by atoms with Crippen LogP contribution in [0.5, 0.6) is 0 Å². The van der Waals surface area contributed by atoms with Gasteiger partial charge in [-0.15, -0.1) is 0 Å². The predicted molar refractivity (Wildman–Crippen MR) is 83.7 cm³/mol. The van der Waals surface area contributed by atoms with Gasteiger partial charge in [0.2, 0.25) is 5.82 Å². The molecular formula is C14H24N4O3. The van der Waals surface area contributed by atoms with Crippen LogP contribution in [0.2, 0.25) is 0 Å². The van der Waals surface area contributed by atoms with E-state index in [1.807, 2.05) is 20.8 Å². The van der Waals surface area contributed by atoms with E-state index in [4.69, 9.17) is 5.11 Å². The molecular weight excluding hydrogens is 272 g/mol. The average molecular weight is 296 g/mol. The van der Waals surface area contributed by atoms with Gasteiger partial charge < -0.3 is 15.7 Å². The van der Waals surface area contributed by atoms with Crippen LogP contribution < -0.4 is 10.6 Å². The van der Waals surface area contributed by atoms with E-state index < -0.39 is 10.5 Å². The minimum atomic E-state index is -0.450. The van der Waals surface area contributed by atoms with Crippen molar-refractivity contribution in [2.45, 2.75) is 45.6 Å². The molecule has 0 radical (unpaired) electrons. The molecule has 1 unspecified atom stereocenters. The van der Waals surface area contributed by atoms with Crippen LogP contribution >= 0.6 is 0 Å². The Balaban J connectivity index is 3.07. The van der Waals surface area contributed by atoms with Crippen molar-refractivity contribution in [3.05, 3.63) is 22.2 Å². The number of nitro groups is 1. The summed E-state index contributed by atoms with van der Waals surface area (Å²) in [6.45, 7) is 6.69. The maximum Gasteiger partial charge on any atom is 0.311 e. The molecule has 0 saturated carbocycles. The summed E-state index contributed by atoms with van der Waals surface area (Å²) in [5.74, 6) is 0.839. The lowest BCUT2D eigenvalue weighted by atomic mass is 9.95. The van der Waals surface area contributed by atoms with Crippen LogP contribution in [0.15, 0.2) is 12.1 Å². The van der Waals surface area contributed by atoms with Crippen LogP contribution in [0.1, 0.15) is 40.0 Å². The van der Waals surface area contributed by atoms with Crippen LogP contribution in [0.3, 0.4) is 0 Å². The molecule has 0 bridgehead atoms. The first kappa shape index (κ1) is 17.2. The Kier molecular flexibility index (Phi) is 6.36. The lowest BCUT2D eigenvalue weighted by Gasteiger charge is -2.29. The van der Waals surface area contributed by atoms with Crippen LogP contribution in [0.25, 0.3) is 0 Å². The number of anilines is 2. The van der Waals surface area contributed by atoms with Gasteiger partial charge in [0.05, 0.1) is 4.92 Å². The minimum Gasteiger partial charge on any atom is -0.396 e. The Hall–Kier alpha value is -1.89. The Morgan fingerprint density at radius 2 is 2.14 bits per heavy atom. The van der Waals surface area contributed by atoms with Crippen molar-refractivity contribution in [3.8, 4) is 0 Å². The summed E-state index contributed by atoms with van der Waals surface area (Å²) in [4.78, 5) is 15.0.